The van der Waals surface area contributed by atoms with Crippen LogP contribution in [0.4, 0.5) is 0 Å². The third kappa shape index (κ3) is 2.37. The van der Waals surface area contributed by atoms with Crippen LogP contribution in [0.5, 0.6) is 0 Å². The van der Waals surface area contributed by atoms with Crippen molar-refractivity contribution in [2.45, 2.75) is 6.61 Å². The third-order valence-corrected chi connectivity index (χ3v) is 2.15. The third-order valence-electron chi connectivity index (χ3n) is 1.90. The van der Waals surface area contributed by atoms with E-state index in [0.717, 1.165) is 5.56 Å². The van der Waals surface area contributed by atoms with Gasteiger partial charge in [-0.3, -0.25) is 0 Å². The van der Waals surface area contributed by atoms with E-state index in [-0.39, 0.29) is 0 Å². The Bertz CT molecular complexity index is 436. The van der Waals surface area contributed by atoms with Crippen LogP contribution >= 0.6 is 11.6 Å². The molecule has 0 unspecified atom stereocenters. The predicted octanol–water partition coefficient (Wildman–Crippen LogP) is 2.94. The molecule has 77 valence electrons. The first kappa shape index (κ1) is 10.2. The van der Waals surface area contributed by atoms with Gasteiger partial charge < -0.3 is 9.26 Å². The first-order valence-electron chi connectivity index (χ1n) is 4.42. The number of nitrogens with zero attached hydrogens (tertiary/aromatic N) is 1. The standard InChI is InChI=1S/C11H9ClNO2/c1-14-7-10-6-11(13-15-10)8-2-4-9(12)5-3-8/h2-5H,7H2,1H3. The van der Waals surface area contributed by atoms with E-state index in [1.165, 1.54) is 0 Å². The van der Waals surface area contributed by atoms with Crippen molar-refractivity contribution < 1.29 is 9.26 Å². The summed E-state index contributed by atoms with van der Waals surface area (Å²) >= 11 is 5.78. The minimum absolute atomic E-state index is 0.376. The molecule has 1 aromatic heterocycles. The van der Waals surface area contributed by atoms with Gasteiger partial charge in [0, 0.05) is 17.7 Å². The lowest BCUT2D eigenvalue weighted by Crippen LogP contribution is -1.82. The number of ether oxygens (including phenoxy) is 1. The molecule has 2 aromatic rings. The fourth-order valence-corrected chi connectivity index (χ4v) is 1.33. The molecule has 1 radical (unpaired) electrons. The molecule has 0 aliphatic carbocycles. The lowest BCUT2D eigenvalue weighted by atomic mass is 10.1. The molecule has 0 fully saturated rings. The summed E-state index contributed by atoms with van der Waals surface area (Å²) in [6.45, 7) is 0.376. The van der Waals surface area contributed by atoms with Gasteiger partial charge in [-0.2, -0.15) is 0 Å². The second-order valence-electron chi connectivity index (χ2n) is 3.02. The lowest BCUT2D eigenvalue weighted by molar-refractivity contribution is 0.156. The van der Waals surface area contributed by atoms with Gasteiger partial charge in [-0.25, -0.2) is 0 Å². The smallest absolute Gasteiger partial charge is 0.171 e. The van der Waals surface area contributed by atoms with Crippen LogP contribution in [0.15, 0.2) is 28.8 Å². The highest BCUT2D eigenvalue weighted by atomic mass is 35.5. The Morgan fingerprint density at radius 3 is 2.80 bits per heavy atom. The largest absolute Gasteiger partial charge is 0.377 e. The number of halogens is 1. The van der Waals surface area contributed by atoms with E-state index in [9.17, 15) is 0 Å². The number of aromatic nitrogens is 1. The van der Waals surface area contributed by atoms with Crippen LogP contribution in [0.25, 0.3) is 11.3 Å². The Kier molecular flexibility index (Phi) is 3.04. The van der Waals surface area contributed by atoms with Crippen molar-refractivity contribution in [2.24, 2.45) is 0 Å². The first-order chi connectivity index (χ1) is 7.29. The SMILES string of the molecule is COCc1[c]c(-c2ccc(Cl)cc2)no1. The Labute approximate surface area is 92.6 Å². The maximum Gasteiger partial charge on any atom is 0.171 e. The predicted molar refractivity (Wildman–Crippen MR) is 56.5 cm³/mol. The van der Waals surface area contributed by atoms with E-state index in [0.29, 0.717) is 23.1 Å². The van der Waals surface area contributed by atoms with Crippen LogP contribution < -0.4 is 0 Å². The maximum absolute atomic E-state index is 5.78. The van der Waals surface area contributed by atoms with Crippen molar-refractivity contribution in [1.29, 1.82) is 0 Å². The monoisotopic (exact) mass is 222 g/mol. The fraction of sp³-hybridized carbons (Fsp3) is 0.182. The molecule has 0 N–H and O–H groups in total. The van der Waals surface area contributed by atoms with E-state index in [1.54, 1.807) is 19.2 Å². The molecule has 0 amide bonds. The summed E-state index contributed by atoms with van der Waals surface area (Å²) < 4.78 is 9.94. The molecule has 0 aliphatic heterocycles. The molecular weight excluding hydrogens is 214 g/mol. The zero-order chi connectivity index (χ0) is 10.7. The van der Waals surface area contributed by atoms with Crippen molar-refractivity contribution in [3.05, 3.63) is 41.1 Å². The van der Waals surface area contributed by atoms with E-state index in [2.05, 4.69) is 11.2 Å². The highest BCUT2D eigenvalue weighted by molar-refractivity contribution is 6.30. The van der Waals surface area contributed by atoms with Gasteiger partial charge in [-0.15, -0.1) is 0 Å². The Morgan fingerprint density at radius 1 is 1.40 bits per heavy atom. The average Bonchev–Trinajstić information content (AvgIpc) is 2.68. The normalized spacial score (nSPS) is 10.5. The van der Waals surface area contributed by atoms with Gasteiger partial charge in [-0.1, -0.05) is 28.9 Å². The molecule has 0 saturated heterocycles. The van der Waals surface area contributed by atoms with Gasteiger partial charge in [0.25, 0.3) is 0 Å². The van der Waals surface area contributed by atoms with Crippen molar-refractivity contribution in [2.75, 3.05) is 7.11 Å². The average molecular weight is 223 g/mol. The highest BCUT2D eigenvalue weighted by Gasteiger charge is 2.06. The molecule has 1 heterocycles. The first-order valence-corrected chi connectivity index (χ1v) is 4.80. The number of hydrogen-bond acceptors (Lipinski definition) is 3. The number of rotatable bonds is 3. The molecule has 4 heteroatoms. The van der Waals surface area contributed by atoms with Crippen molar-refractivity contribution >= 4 is 11.6 Å². The molecule has 15 heavy (non-hydrogen) atoms. The Balaban J connectivity index is 2.25. The van der Waals surface area contributed by atoms with Crippen LogP contribution in [0.3, 0.4) is 0 Å². The minimum atomic E-state index is 0.376. The molecule has 0 spiro atoms. The van der Waals surface area contributed by atoms with Crippen LogP contribution in [0.2, 0.25) is 5.02 Å². The van der Waals surface area contributed by atoms with E-state index in [1.807, 2.05) is 12.1 Å². The summed E-state index contributed by atoms with van der Waals surface area (Å²) in [7, 11) is 1.60. The maximum atomic E-state index is 5.78. The molecule has 1 aromatic carbocycles. The highest BCUT2D eigenvalue weighted by Crippen LogP contribution is 2.20. The van der Waals surface area contributed by atoms with Crippen LogP contribution in [-0.4, -0.2) is 12.3 Å². The molecule has 0 atom stereocenters. The zero-order valence-corrected chi connectivity index (χ0v) is 8.91. The van der Waals surface area contributed by atoms with Crippen LogP contribution in [0.1, 0.15) is 5.76 Å². The summed E-state index contributed by atoms with van der Waals surface area (Å²) in [4.78, 5) is 0. The molecule has 3 nitrogen and oxygen atoms in total. The van der Waals surface area contributed by atoms with E-state index < -0.39 is 0 Å². The molecule has 0 saturated carbocycles. The van der Waals surface area contributed by atoms with Crippen LogP contribution in [0, 0.1) is 6.07 Å². The number of benzene rings is 1. The van der Waals surface area contributed by atoms with E-state index in [4.69, 9.17) is 20.9 Å². The second kappa shape index (κ2) is 4.47. The number of methoxy groups -OCH3 is 1. The number of hydrogen-bond donors (Lipinski definition) is 0. The molecule has 2 rings (SSSR count). The zero-order valence-electron chi connectivity index (χ0n) is 8.16. The molecule has 0 bridgehead atoms. The fourth-order valence-electron chi connectivity index (χ4n) is 1.20. The minimum Gasteiger partial charge on any atom is -0.377 e. The molecule has 0 aliphatic rings. The summed E-state index contributed by atoms with van der Waals surface area (Å²) in [5, 5.41) is 4.57. The Morgan fingerprint density at radius 2 is 2.13 bits per heavy atom. The lowest BCUT2D eigenvalue weighted by Gasteiger charge is -1.93. The van der Waals surface area contributed by atoms with Crippen molar-refractivity contribution in [3.63, 3.8) is 0 Å². The van der Waals surface area contributed by atoms with Gasteiger partial charge in [-0.05, 0) is 12.1 Å². The van der Waals surface area contributed by atoms with Gasteiger partial charge in [0.05, 0.1) is 6.07 Å². The van der Waals surface area contributed by atoms with Crippen LogP contribution in [-0.2, 0) is 11.3 Å². The van der Waals surface area contributed by atoms with Crippen molar-refractivity contribution in [3.8, 4) is 11.3 Å². The van der Waals surface area contributed by atoms with Gasteiger partial charge in [0.2, 0.25) is 0 Å². The summed E-state index contributed by atoms with van der Waals surface area (Å²) in [6, 6.07) is 10.3. The summed E-state index contributed by atoms with van der Waals surface area (Å²) in [5.41, 5.74) is 1.59. The van der Waals surface area contributed by atoms with Gasteiger partial charge >= 0.3 is 0 Å². The summed E-state index contributed by atoms with van der Waals surface area (Å²) in [5.74, 6) is 0.586. The topological polar surface area (TPSA) is 35.3 Å². The van der Waals surface area contributed by atoms with Crippen molar-refractivity contribution in [1.82, 2.24) is 5.16 Å². The van der Waals surface area contributed by atoms with Gasteiger partial charge in [0.1, 0.15) is 12.3 Å². The Hall–Kier alpha value is -1.32. The second-order valence-corrected chi connectivity index (χ2v) is 3.46. The molecular formula is C11H9ClNO2. The van der Waals surface area contributed by atoms with Gasteiger partial charge in [0.15, 0.2) is 5.76 Å². The summed E-state index contributed by atoms with van der Waals surface area (Å²) in [6.07, 6.45) is 0. The van der Waals surface area contributed by atoms with E-state index >= 15 is 0 Å². The quantitative estimate of drug-likeness (QED) is 0.801.